The van der Waals surface area contributed by atoms with Crippen molar-refractivity contribution >= 4 is 15.9 Å². The lowest BCUT2D eigenvalue weighted by atomic mass is 9.97. The topological polar surface area (TPSA) is 12.0 Å². The second-order valence-electron chi connectivity index (χ2n) is 4.09. The van der Waals surface area contributed by atoms with Crippen LogP contribution in [0.4, 0.5) is 4.39 Å². The van der Waals surface area contributed by atoms with E-state index < -0.39 is 0 Å². The maximum absolute atomic E-state index is 13.0. The Morgan fingerprint density at radius 1 is 1.40 bits per heavy atom. The third kappa shape index (κ3) is 3.58. The van der Waals surface area contributed by atoms with Crippen LogP contribution in [0.5, 0.6) is 0 Å². The van der Waals surface area contributed by atoms with Gasteiger partial charge < -0.3 is 5.32 Å². The van der Waals surface area contributed by atoms with Gasteiger partial charge in [0.15, 0.2) is 0 Å². The number of rotatable bonds is 4. The van der Waals surface area contributed by atoms with Crippen molar-refractivity contribution in [3.63, 3.8) is 0 Å². The highest BCUT2D eigenvalue weighted by molar-refractivity contribution is 9.10. The van der Waals surface area contributed by atoms with Gasteiger partial charge in [0.1, 0.15) is 5.82 Å². The smallest absolute Gasteiger partial charge is 0.137 e. The molecule has 0 bridgehead atoms. The molecule has 0 heterocycles. The predicted molar refractivity (Wildman–Crippen MR) is 65.5 cm³/mol. The van der Waals surface area contributed by atoms with Crippen LogP contribution in [0.25, 0.3) is 0 Å². The molecule has 0 radical (unpaired) electrons. The van der Waals surface area contributed by atoms with Crippen LogP contribution in [0.2, 0.25) is 0 Å². The summed E-state index contributed by atoms with van der Waals surface area (Å²) in [6.45, 7) is 4.36. The Bertz CT molecular complexity index is 325. The van der Waals surface area contributed by atoms with Gasteiger partial charge >= 0.3 is 0 Å². The van der Waals surface area contributed by atoms with E-state index in [0.717, 1.165) is 12.0 Å². The summed E-state index contributed by atoms with van der Waals surface area (Å²) in [5.74, 6) is 0.364. The second-order valence-corrected chi connectivity index (χ2v) is 4.95. The Morgan fingerprint density at radius 2 is 2.07 bits per heavy atom. The highest BCUT2D eigenvalue weighted by Gasteiger charge is 2.12. The Labute approximate surface area is 99.2 Å². The van der Waals surface area contributed by atoms with Gasteiger partial charge in [0.25, 0.3) is 0 Å². The van der Waals surface area contributed by atoms with Gasteiger partial charge in [-0.2, -0.15) is 0 Å². The molecule has 0 aliphatic rings. The molecule has 15 heavy (non-hydrogen) atoms. The van der Waals surface area contributed by atoms with E-state index in [2.05, 4.69) is 35.1 Å². The first kappa shape index (κ1) is 12.7. The van der Waals surface area contributed by atoms with Crippen LogP contribution in [0.3, 0.4) is 0 Å². The largest absolute Gasteiger partial charge is 0.316 e. The molecule has 3 heteroatoms. The molecule has 84 valence electrons. The molecule has 1 atom stereocenters. The lowest BCUT2D eigenvalue weighted by Crippen LogP contribution is -2.32. The number of nitrogens with one attached hydrogen (secondary N) is 1. The van der Waals surface area contributed by atoms with Gasteiger partial charge in [0.2, 0.25) is 0 Å². The quantitative estimate of drug-likeness (QED) is 0.887. The van der Waals surface area contributed by atoms with Crippen LogP contribution in [-0.4, -0.2) is 13.1 Å². The Balaban J connectivity index is 2.75. The lowest BCUT2D eigenvalue weighted by Gasteiger charge is -2.20. The van der Waals surface area contributed by atoms with Gasteiger partial charge in [-0.05, 0) is 53.0 Å². The van der Waals surface area contributed by atoms with E-state index in [1.54, 1.807) is 0 Å². The zero-order valence-corrected chi connectivity index (χ0v) is 10.9. The third-order valence-electron chi connectivity index (χ3n) is 2.62. The van der Waals surface area contributed by atoms with Crippen LogP contribution in [0.1, 0.15) is 19.4 Å². The SMILES string of the molecule is CNC(Cc1ccc(F)c(Br)c1)C(C)C. The van der Waals surface area contributed by atoms with Crippen molar-refractivity contribution in [2.75, 3.05) is 7.05 Å². The molecule has 1 aromatic rings. The van der Waals surface area contributed by atoms with Gasteiger partial charge in [-0.3, -0.25) is 0 Å². The van der Waals surface area contributed by atoms with Crippen LogP contribution in [0, 0.1) is 11.7 Å². The third-order valence-corrected chi connectivity index (χ3v) is 3.22. The fraction of sp³-hybridized carbons (Fsp3) is 0.500. The van der Waals surface area contributed by atoms with Crippen molar-refractivity contribution < 1.29 is 4.39 Å². The van der Waals surface area contributed by atoms with Crippen molar-refractivity contribution in [1.29, 1.82) is 0 Å². The minimum Gasteiger partial charge on any atom is -0.316 e. The molecular weight excluding hydrogens is 257 g/mol. The van der Waals surface area contributed by atoms with E-state index in [0.29, 0.717) is 16.4 Å². The second kappa shape index (κ2) is 5.61. The van der Waals surface area contributed by atoms with E-state index in [-0.39, 0.29) is 5.82 Å². The van der Waals surface area contributed by atoms with Gasteiger partial charge in [0, 0.05) is 6.04 Å². The molecule has 1 aromatic carbocycles. The summed E-state index contributed by atoms with van der Waals surface area (Å²) in [4.78, 5) is 0. The zero-order chi connectivity index (χ0) is 11.4. The van der Waals surface area contributed by atoms with Gasteiger partial charge in [-0.15, -0.1) is 0 Å². The fourth-order valence-corrected chi connectivity index (χ4v) is 2.02. The minimum atomic E-state index is -0.204. The Kier molecular flexibility index (Phi) is 4.74. The summed E-state index contributed by atoms with van der Waals surface area (Å²) in [5, 5.41) is 3.27. The van der Waals surface area contributed by atoms with E-state index in [9.17, 15) is 4.39 Å². The summed E-state index contributed by atoms with van der Waals surface area (Å²) < 4.78 is 13.6. The fourth-order valence-electron chi connectivity index (χ4n) is 1.59. The molecule has 0 spiro atoms. The van der Waals surface area contributed by atoms with E-state index in [4.69, 9.17) is 0 Å². The molecule has 0 saturated carbocycles. The monoisotopic (exact) mass is 273 g/mol. The maximum atomic E-state index is 13.0. The lowest BCUT2D eigenvalue weighted by molar-refractivity contribution is 0.424. The van der Waals surface area contributed by atoms with E-state index in [1.807, 2.05) is 19.2 Å². The average molecular weight is 274 g/mol. The molecule has 1 rings (SSSR count). The van der Waals surface area contributed by atoms with Crippen molar-refractivity contribution in [1.82, 2.24) is 5.32 Å². The molecule has 0 amide bonds. The predicted octanol–water partition coefficient (Wildman–Crippen LogP) is 3.37. The molecule has 0 aromatic heterocycles. The van der Waals surface area contributed by atoms with Crippen LogP contribution < -0.4 is 5.32 Å². The molecule has 0 aliphatic carbocycles. The van der Waals surface area contributed by atoms with Crippen LogP contribution in [0.15, 0.2) is 22.7 Å². The highest BCUT2D eigenvalue weighted by Crippen LogP contribution is 2.19. The summed E-state index contributed by atoms with van der Waals surface area (Å²) in [6, 6.07) is 5.63. The van der Waals surface area contributed by atoms with Gasteiger partial charge in [-0.1, -0.05) is 19.9 Å². The van der Waals surface area contributed by atoms with Crippen molar-refractivity contribution in [3.8, 4) is 0 Å². The first-order chi connectivity index (χ1) is 7.04. The van der Waals surface area contributed by atoms with Crippen molar-refractivity contribution in [2.45, 2.75) is 26.3 Å². The first-order valence-corrected chi connectivity index (χ1v) is 5.95. The standard InChI is InChI=1S/C12H17BrFN/c1-8(2)12(15-3)7-9-4-5-11(14)10(13)6-9/h4-6,8,12,15H,7H2,1-3H3. The van der Waals surface area contributed by atoms with Gasteiger partial charge in [0.05, 0.1) is 4.47 Å². The highest BCUT2D eigenvalue weighted by atomic mass is 79.9. The Morgan fingerprint density at radius 3 is 2.53 bits per heavy atom. The van der Waals surface area contributed by atoms with Crippen LogP contribution in [-0.2, 0) is 6.42 Å². The van der Waals surface area contributed by atoms with Crippen molar-refractivity contribution in [3.05, 3.63) is 34.1 Å². The number of hydrogen-bond donors (Lipinski definition) is 1. The summed E-state index contributed by atoms with van der Waals surface area (Å²) in [7, 11) is 1.96. The molecule has 1 nitrogen and oxygen atoms in total. The minimum absolute atomic E-state index is 0.204. The molecular formula is C12H17BrFN. The Hall–Kier alpha value is -0.410. The molecule has 0 aliphatic heterocycles. The summed E-state index contributed by atoms with van der Waals surface area (Å²) in [5.41, 5.74) is 1.15. The average Bonchev–Trinajstić information content (AvgIpc) is 2.19. The number of halogens is 2. The van der Waals surface area contributed by atoms with E-state index in [1.165, 1.54) is 6.07 Å². The zero-order valence-electron chi connectivity index (χ0n) is 9.35. The van der Waals surface area contributed by atoms with Crippen molar-refractivity contribution in [2.24, 2.45) is 5.92 Å². The summed E-state index contributed by atoms with van der Waals surface area (Å²) >= 11 is 3.20. The normalized spacial score (nSPS) is 13.2. The molecule has 0 saturated heterocycles. The first-order valence-electron chi connectivity index (χ1n) is 5.15. The van der Waals surface area contributed by atoms with Crippen LogP contribution >= 0.6 is 15.9 Å². The number of hydrogen-bond acceptors (Lipinski definition) is 1. The number of benzene rings is 1. The van der Waals surface area contributed by atoms with Gasteiger partial charge in [-0.25, -0.2) is 4.39 Å². The summed E-state index contributed by atoms with van der Waals surface area (Å²) in [6.07, 6.45) is 0.924. The number of likely N-dealkylation sites (N-methyl/N-ethyl adjacent to an activating group) is 1. The molecule has 1 N–H and O–H groups in total. The maximum Gasteiger partial charge on any atom is 0.137 e. The molecule has 0 fully saturated rings. The van der Waals surface area contributed by atoms with E-state index >= 15 is 0 Å². The molecule has 1 unspecified atom stereocenters.